The first-order valence-corrected chi connectivity index (χ1v) is 8.55. The van der Waals surface area contributed by atoms with Gasteiger partial charge >= 0.3 is 0 Å². The number of nitrogens with one attached hydrogen (secondary N) is 1. The van der Waals surface area contributed by atoms with Crippen molar-refractivity contribution in [3.8, 4) is 5.88 Å². The highest BCUT2D eigenvalue weighted by molar-refractivity contribution is 6.01. The first kappa shape index (κ1) is 16.7. The van der Waals surface area contributed by atoms with Crippen molar-refractivity contribution in [2.75, 3.05) is 20.6 Å². The number of aromatic hydroxyl groups is 1. The lowest BCUT2D eigenvalue weighted by molar-refractivity contribution is 0.110. The van der Waals surface area contributed by atoms with E-state index >= 15 is 0 Å². The molecule has 1 fully saturated rings. The summed E-state index contributed by atoms with van der Waals surface area (Å²) in [6.07, 6.45) is 7.77. The minimum absolute atomic E-state index is 0.0996. The van der Waals surface area contributed by atoms with Gasteiger partial charge in [-0.05, 0) is 33.0 Å². The summed E-state index contributed by atoms with van der Waals surface area (Å²) in [6.45, 7) is 0.701. The predicted molar refractivity (Wildman–Crippen MR) is 98.2 cm³/mol. The Morgan fingerprint density at radius 2 is 1.88 bits per heavy atom. The third-order valence-electron chi connectivity index (χ3n) is 5.29. The number of rotatable bonds is 4. The molecule has 0 saturated heterocycles. The molecule has 3 rings (SSSR count). The Bertz CT molecular complexity index is 802. The molecule has 0 radical (unpaired) electrons. The Morgan fingerprint density at radius 1 is 1.21 bits per heavy atom. The number of aliphatic imine (C=N–C) groups is 1. The van der Waals surface area contributed by atoms with Gasteiger partial charge in [0.2, 0.25) is 5.88 Å². The van der Waals surface area contributed by atoms with Crippen LogP contribution in [0.1, 0.15) is 37.7 Å². The highest BCUT2D eigenvalue weighted by Gasteiger charge is 2.33. The summed E-state index contributed by atoms with van der Waals surface area (Å²) in [5, 5.41) is 11.4. The zero-order chi connectivity index (χ0) is 17.2. The van der Waals surface area contributed by atoms with E-state index in [4.69, 9.17) is 0 Å². The van der Waals surface area contributed by atoms with Crippen molar-refractivity contribution >= 4 is 17.0 Å². The molecule has 1 aromatic carbocycles. The van der Waals surface area contributed by atoms with E-state index in [9.17, 15) is 9.90 Å². The van der Waals surface area contributed by atoms with Crippen LogP contribution in [0.2, 0.25) is 0 Å². The van der Waals surface area contributed by atoms with Crippen LogP contribution in [-0.2, 0) is 0 Å². The maximum atomic E-state index is 11.9. The number of H-pyrrole nitrogens is 1. The Balaban J connectivity index is 1.92. The van der Waals surface area contributed by atoms with E-state index in [1.807, 2.05) is 18.2 Å². The zero-order valence-corrected chi connectivity index (χ0v) is 14.4. The van der Waals surface area contributed by atoms with Crippen molar-refractivity contribution in [2.45, 2.75) is 37.6 Å². The standard InChI is InChI=1S/C19H25N3O2/c1-22(2)19(10-6-3-7-11-19)13-20-12-16-14-8-4-5-9-15(14)17(23)21-18(16)24/h4-5,8-9,12H,3,6-7,10-11,13H2,1-2H3,(H2,21,23,24). The molecule has 2 aromatic rings. The molecule has 0 unspecified atom stereocenters. The number of benzene rings is 1. The summed E-state index contributed by atoms with van der Waals surface area (Å²) in [5.41, 5.74) is 0.398. The quantitative estimate of drug-likeness (QED) is 0.848. The van der Waals surface area contributed by atoms with Crippen molar-refractivity contribution in [3.63, 3.8) is 0 Å². The maximum absolute atomic E-state index is 11.9. The third-order valence-corrected chi connectivity index (χ3v) is 5.29. The number of nitrogens with zero attached hydrogens (tertiary/aromatic N) is 2. The van der Waals surface area contributed by atoms with Crippen LogP contribution in [0, 0.1) is 0 Å². The van der Waals surface area contributed by atoms with E-state index in [2.05, 4.69) is 29.0 Å². The fraction of sp³-hybridized carbons (Fsp3) is 0.474. The van der Waals surface area contributed by atoms with Gasteiger partial charge in [-0.2, -0.15) is 0 Å². The Hall–Kier alpha value is -2.14. The van der Waals surface area contributed by atoms with Gasteiger partial charge in [-0.25, -0.2) is 0 Å². The molecule has 0 atom stereocenters. The second kappa shape index (κ2) is 6.77. The van der Waals surface area contributed by atoms with Gasteiger partial charge in [-0.15, -0.1) is 0 Å². The monoisotopic (exact) mass is 327 g/mol. The van der Waals surface area contributed by atoms with Crippen LogP contribution in [0.5, 0.6) is 5.88 Å². The minimum Gasteiger partial charge on any atom is -0.494 e. The molecule has 0 bridgehead atoms. The molecule has 0 aliphatic heterocycles. The van der Waals surface area contributed by atoms with Gasteiger partial charge in [0.1, 0.15) is 0 Å². The van der Waals surface area contributed by atoms with Crippen molar-refractivity contribution in [1.82, 2.24) is 9.88 Å². The normalized spacial score (nSPS) is 17.8. The van der Waals surface area contributed by atoms with Gasteiger partial charge in [0.15, 0.2) is 0 Å². The topological polar surface area (TPSA) is 68.7 Å². The van der Waals surface area contributed by atoms with Crippen molar-refractivity contribution < 1.29 is 5.11 Å². The lowest BCUT2D eigenvalue weighted by Crippen LogP contribution is -2.48. The van der Waals surface area contributed by atoms with E-state index in [0.717, 1.165) is 18.2 Å². The Kier molecular flexibility index (Phi) is 4.71. The van der Waals surface area contributed by atoms with Crippen LogP contribution in [0.15, 0.2) is 34.1 Å². The second-order valence-corrected chi connectivity index (χ2v) is 6.91. The Labute approximate surface area is 142 Å². The largest absolute Gasteiger partial charge is 0.494 e. The maximum Gasteiger partial charge on any atom is 0.258 e. The zero-order valence-electron chi connectivity index (χ0n) is 14.4. The SMILES string of the molecule is CN(C)C1(CN=Cc2c(O)[nH]c(=O)c3ccccc23)CCCCC1. The molecule has 2 N–H and O–H groups in total. The van der Waals surface area contributed by atoms with Crippen LogP contribution < -0.4 is 5.56 Å². The van der Waals surface area contributed by atoms with Gasteiger partial charge in [-0.3, -0.25) is 14.8 Å². The highest BCUT2D eigenvalue weighted by Crippen LogP contribution is 2.32. The summed E-state index contributed by atoms with van der Waals surface area (Å²) < 4.78 is 0. The molecule has 0 spiro atoms. The van der Waals surface area contributed by atoms with Crippen molar-refractivity contribution in [1.29, 1.82) is 0 Å². The van der Waals surface area contributed by atoms with E-state index in [-0.39, 0.29) is 17.0 Å². The summed E-state index contributed by atoms with van der Waals surface area (Å²) in [6, 6.07) is 7.28. The van der Waals surface area contributed by atoms with E-state index in [1.165, 1.54) is 19.3 Å². The van der Waals surface area contributed by atoms with E-state index in [0.29, 0.717) is 17.5 Å². The molecular formula is C19H25N3O2. The fourth-order valence-electron chi connectivity index (χ4n) is 3.68. The number of aromatic amines is 1. The lowest BCUT2D eigenvalue weighted by Gasteiger charge is -2.41. The minimum atomic E-state index is -0.280. The average Bonchev–Trinajstić information content (AvgIpc) is 2.58. The van der Waals surface area contributed by atoms with E-state index < -0.39 is 0 Å². The highest BCUT2D eigenvalue weighted by atomic mass is 16.3. The molecule has 24 heavy (non-hydrogen) atoms. The Morgan fingerprint density at radius 3 is 2.54 bits per heavy atom. The van der Waals surface area contributed by atoms with Gasteiger partial charge in [-0.1, -0.05) is 37.5 Å². The molecule has 1 heterocycles. The van der Waals surface area contributed by atoms with Gasteiger partial charge < -0.3 is 10.0 Å². The molecule has 1 saturated carbocycles. The number of aromatic nitrogens is 1. The molecule has 1 aliphatic rings. The summed E-state index contributed by atoms with van der Waals surface area (Å²) >= 11 is 0. The van der Waals surface area contributed by atoms with Crippen molar-refractivity contribution in [2.24, 2.45) is 4.99 Å². The molecule has 0 amide bonds. The number of pyridine rings is 1. The summed E-state index contributed by atoms with van der Waals surface area (Å²) in [5.74, 6) is -0.120. The summed E-state index contributed by atoms with van der Waals surface area (Å²) in [7, 11) is 4.24. The second-order valence-electron chi connectivity index (χ2n) is 6.91. The molecule has 5 nitrogen and oxygen atoms in total. The van der Waals surface area contributed by atoms with Crippen LogP contribution in [0.4, 0.5) is 0 Å². The van der Waals surface area contributed by atoms with Crippen molar-refractivity contribution in [3.05, 3.63) is 40.2 Å². The van der Waals surface area contributed by atoms with Gasteiger partial charge in [0.25, 0.3) is 5.56 Å². The number of hydrogen-bond donors (Lipinski definition) is 2. The molecule has 1 aromatic heterocycles. The first-order chi connectivity index (χ1) is 11.5. The summed E-state index contributed by atoms with van der Waals surface area (Å²) in [4.78, 5) is 21.4. The molecular weight excluding hydrogens is 302 g/mol. The molecule has 128 valence electrons. The smallest absolute Gasteiger partial charge is 0.258 e. The van der Waals surface area contributed by atoms with Crippen LogP contribution in [-0.4, -0.2) is 47.4 Å². The number of likely N-dealkylation sites (N-methyl/N-ethyl adjacent to an activating group) is 1. The average molecular weight is 327 g/mol. The number of hydrogen-bond acceptors (Lipinski definition) is 4. The lowest BCUT2D eigenvalue weighted by atomic mass is 9.81. The molecule has 1 aliphatic carbocycles. The fourth-order valence-corrected chi connectivity index (χ4v) is 3.68. The third kappa shape index (κ3) is 3.08. The first-order valence-electron chi connectivity index (χ1n) is 8.55. The van der Waals surface area contributed by atoms with E-state index in [1.54, 1.807) is 12.3 Å². The van der Waals surface area contributed by atoms with Gasteiger partial charge in [0, 0.05) is 22.5 Å². The van der Waals surface area contributed by atoms with Crippen LogP contribution in [0.3, 0.4) is 0 Å². The molecule has 5 heteroatoms. The number of fused-ring (bicyclic) bond motifs is 1. The van der Waals surface area contributed by atoms with Crippen LogP contribution >= 0.6 is 0 Å². The van der Waals surface area contributed by atoms with Crippen LogP contribution in [0.25, 0.3) is 10.8 Å². The predicted octanol–water partition coefficient (Wildman–Crippen LogP) is 2.92. The van der Waals surface area contributed by atoms with Gasteiger partial charge in [0.05, 0.1) is 12.1 Å².